The van der Waals surface area contributed by atoms with Gasteiger partial charge in [0.25, 0.3) is 0 Å². The first-order valence-corrected chi connectivity index (χ1v) is 9.51. The molecule has 2 aromatic rings. The Labute approximate surface area is 107 Å². The summed E-state index contributed by atoms with van der Waals surface area (Å²) in [5.41, 5.74) is 3.25. The predicted octanol–water partition coefficient (Wildman–Crippen LogP) is 4.17. The van der Waals surface area contributed by atoms with Crippen LogP contribution in [0.2, 0.25) is 24.8 Å². The molecule has 2 rings (SSSR count). The maximum Gasteiger partial charge on any atom is 0.129 e. The molecule has 2 heterocycles. The number of fused-ring (bicyclic) bond motifs is 1. The summed E-state index contributed by atoms with van der Waals surface area (Å²) in [6, 6.07) is 3.82. The summed E-state index contributed by atoms with van der Waals surface area (Å²) < 4.78 is 0. The quantitative estimate of drug-likeness (QED) is 0.600. The van der Waals surface area contributed by atoms with Gasteiger partial charge in [-0.2, -0.15) is 0 Å². The maximum absolute atomic E-state index is 5.93. The van der Waals surface area contributed by atoms with Gasteiger partial charge in [0.1, 0.15) is 5.15 Å². The molecule has 0 spiro atoms. The van der Waals surface area contributed by atoms with Gasteiger partial charge in [0.15, 0.2) is 0 Å². The Morgan fingerprint density at radius 2 is 2.00 bits per heavy atom. The van der Waals surface area contributed by atoms with Gasteiger partial charge in [-0.15, -0.1) is 0 Å². The molecule has 0 atom stereocenters. The molecule has 0 aliphatic carbocycles. The third kappa shape index (κ3) is 3.14. The number of hydrogen-bond acceptors (Lipinski definition) is 2. The Morgan fingerprint density at radius 1 is 1.24 bits per heavy atom. The zero-order valence-electron chi connectivity index (χ0n) is 10.2. The van der Waals surface area contributed by atoms with Crippen LogP contribution in [0, 0.1) is 0 Å². The van der Waals surface area contributed by atoms with Crippen LogP contribution >= 0.6 is 11.6 Å². The van der Waals surface area contributed by atoms with E-state index in [1.54, 1.807) is 6.20 Å². The number of aromatic nitrogens is 2. The van der Waals surface area contributed by atoms with Crippen molar-refractivity contribution in [1.29, 1.82) is 0 Å². The highest BCUT2D eigenvalue weighted by atomic mass is 35.5. The summed E-state index contributed by atoms with van der Waals surface area (Å²) >= 11 is 5.93. The summed E-state index contributed by atoms with van der Waals surface area (Å²) in [6.45, 7) is 6.88. The van der Waals surface area contributed by atoms with Crippen LogP contribution in [0.15, 0.2) is 30.2 Å². The molecule has 0 radical (unpaired) electrons. The van der Waals surface area contributed by atoms with Gasteiger partial charge in [-0.1, -0.05) is 36.9 Å². The Kier molecular flexibility index (Phi) is 3.31. The lowest BCUT2D eigenvalue weighted by atomic mass is 10.1. The molecular weight excluding hydrogens is 248 g/mol. The van der Waals surface area contributed by atoms with E-state index in [9.17, 15) is 0 Å². The topological polar surface area (TPSA) is 25.8 Å². The zero-order chi connectivity index (χ0) is 12.5. The Bertz CT molecular complexity index is 573. The summed E-state index contributed by atoms with van der Waals surface area (Å²) in [5, 5.41) is 2.63. The molecule has 0 aliphatic heterocycles. The lowest BCUT2D eigenvalue weighted by Gasteiger charge is -2.08. The van der Waals surface area contributed by atoms with Gasteiger partial charge in [-0.05, 0) is 18.2 Å². The molecule has 0 bridgehead atoms. The molecule has 2 aromatic heterocycles. The van der Waals surface area contributed by atoms with Crippen molar-refractivity contribution in [3.8, 4) is 0 Å². The van der Waals surface area contributed by atoms with Crippen molar-refractivity contribution in [3.05, 3.63) is 41.1 Å². The van der Waals surface area contributed by atoms with Crippen LogP contribution < -0.4 is 0 Å². The highest BCUT2D eigenvalue weighted by Gasteiger charge is 2.08. The molecule has 4 heteroatoms. The largest absolute Gasteiger partial charge is 0.256 e. The minimum atomic E-state index is -1.21. The van der Waals surface area contributed by atoms with Crippen LogP contribution in [-0.4, -0.2) is 18.0 Å². The molecule has 0 aromatic carbocycles. The Balaban J connectivity index is 2.54. The number of halogens is 1. The van der Waals surface area contributed by atoms with Gasteiger partial charge in [0, 0.05) is 23.2 Å². The molecular formula is C13H15ClN2Si. The third-order valence-electron chi connectivity index (χ3n) is 2.39. The normalized spacial score (nSPS) is 12.5. The highest BCUT2D eigenvalue weighted by Crippen LogP contribution is 2.20. The first-order chi connectivity index (χ1) is 7.96. The van der Waals surface area contributed by atoms with Crippen LogP contribution in [0.5, 0.6) is 0 Å². The second kappa shape index (κ2) is 4.59. The molecule has 0 N–H and O–H groups in total. The van der Waals surface area contributed by atoms with Crippen LogP contribution in [0.4, 0.5) is 0 Å². The van der Waals surface area contributed by atoms with Gasteiger partial charge in [-0.25, -0.2) is 4.98 Å². The molecule has 0 saturated heterocycles. The number of rotatable bonds is 2. The van der Waals surface area contributed by atoms with E-state index in [1.807, 2.05) is 18.3 Å². The first kappa shape index (κ1) is 12.3. The van der Waals surface area contributed by atoms with Gasteiger partial charge in [-0.3, -0.25) is 4.98 Å². The van der Waals surface area contributed by atoms with E-state index in [-0.39, 0.29) is 0 Å². The van der Waals surface area contributed by atoms with E-state index in [2.05, 4.69) is 41.4 Å². The van der Waals surface area contributed by atoms with E-state index < -0.39 is 8.07 Å². The van der Waals surface area contributed by atoms with Gasteiger partial charge in [0.2, 0.25) is 0 Å². The summed E-state index contributed by atoms with van der Waals surface area (Å²) in [6.07, 6.45) is 5.69. The molecule has 0 unspecified atom stereocenters. The SMILES string of the molecule is C[Si](C)(C)C=Cc1nccc2cnc(Cl)cc12. The Morgan fingerprint density at radius 3 is 2.71 bits per heavy atom. The van der Waals surface area contributed by atoms with E-state index in [0.29, 0.717) is 5.15 Å². The van der Waals surface area contributed by atoms with Crippen LogP contribution in [0.3, 0.4) is 0 Å². The van der Waals surface area contributed by atoms with Crippen molar-refractivity contribution in [3.63, 3.8) is 0 Å². The molecule has 0 aliphatic rings. The fourth-order valence-corrected chi connectivity index (χ4v) is 2.34. The molecule has 0 fully saturated rings. The molecule has 0 saturated carbocycles. The summed E-state index contributed by atoms with van der Waals surface area (Å²) in [4.78, 5) is 8.48. The number of hydrogen-bond donors (Lipinski definition) is 0. The lowest BCUT2D eigenvalue weighted by Crippen LogP contribution is -2.15. The monoisotopic (exact) mass is 262 g/mol. The fraction of sp³-hybridized carbons (Fsp3) is 0.231. The second-order valence-corrected chi connectivity index (χ2v) is 10.6. The van der Waals surface area contributed by atoms with Gasteiger partial charge >= 0.3 is 0 Å². The number of pyridine rings is 2. The lowest BCUT2D eigenvalue weighted by molar-refractivity contribution is 1.30. The molecule has 0 amide bonds. The molecule has 88 valence electrons. The van der Waals surface area contributed by atoms with Crippen molar-refractivity contribution in [2.45, 2.75) is 19.6 Å². The summed E-state index contributed by atoms with van der Waals surface area (Å²) in [7, 11) is -1.21. The van der Waals surface area contributed by atoms with Crippen molar-refractivity contribution >= 4 is 36.5 Å². The van der Waals surface area contributed by atoms with E-state index in [4.69, 9.17) is 11.6 Å². The van der Waals surface area contributed by atoms with Crippen LogP contribution in [0.1, 0.15) is 5.69 Å². The minimum Gasteiger partial charge on any atom is -0.256 e. The van der Waals surface area contributed by atoms with Crippen LogP contribution in [-0.2, 0) is 0 Å². The molecule has 2 nitrogen and oxygen atoms in total. The van der Waals surface area contributed by atoms with Crippen molar-refractivity contribution in [2.75, 3.05) is 0 Å². The third-order valence-corrected chi connectivity index (χ3v) is 3.76. The fourth-order valence-electron chi connectivity index (χ4n) is 1.52. The average Bonchev–Trinajstić information content (AvgIpc) is 2.25. The Hall–Kier alpha value is -1.19. The smallest absolute Gasteiger partial charge is 0.129 e. The predicted molar refractivity (Wildman–Crippen MR) is 76.9 cm³/mol. The van der Waals surface area contributed by atoms with E-state index >= 15 is 0 Å². The van der Waals surface area contributed by atoms with Crippen LogP contribution in [0.25, 0.3) is 16.8 Å². The van der Waals surface area contributed by atoms with Gasteiger partial charge < -0.3 is 0 Å². The van der Waals surface area contributed by atoms with Crippen molar-refractivity contribution < 1.29 is 0 Å². The second-order valence-electron chi connectivity index (χ2n) is 5.12. The number of nitrogens with zero attached hydrogens (tertiary/aromatic N) is 2. The molecule has 17 heavy (non-hydrogen) atoms. The minimum absolute atomic E-state index is 0.508. The summed E-state index contributed by atoms with van der Waals surface area (Å²) in [5.74, 6) is 0. The van der Waals surface area contributed by atoms with Gasteiger partial charge in [0.05, 0.1) is 13.8 Å². The highest BCUT2D eigenvalue weighted by molar-refractivity contribution is 6.81. The van der Waals surface area contributed by atoms with Crippen molar-refractivity contribution in [1.82, 2.24) is 9.97 Å². The van der Waals surface area contributed by atoms with E-state index in [0.717, 1.165) is 16.5 Å². The standard InChI is InChI=1S/C13H15ClN2Si/c1-17(2,3)7-5-12-11-8-13(14)16-9-10(11)4-6-15-12/h4-9H,1-3H3. The van der Waals surface area contributed by atoms with Crippen molar-refractivity contribution in [2.24, 2.45) is 0 Å². The maximum atomic E-state index is 5.93. The van der Waals surface area contributed by atoms with E-state index in [1.165, 1.54) is 0 Å². The zero-order valence-corrected chi connectivity index (χ0v) is 12.0. The first-order valence-electron chi connectivity index (χ1n) is 5.55. The average molecular weight is 263 g/mol.